The Morgan fingerprint density at radius 3 is 2.10 bits per heavy atom. The summed E-state index contributed by atoms with van der Waals surface area (Å²) in [4.78, 5) is 28.1. The van der Waals surface area contributed by atoms with Crippen molar-refractivity contribution in [2.24, 2.45) is 0 Å². The molecule has 0 spiro atoms. The third-order valence-electron chi connectivity index (χ3n) is 5.17. The number of phenols is 1. The Hall–Kier alpha value is -3.83. The van der Waals surface area contributed by atoms with E-state index in [1.54, 1.807) is 36.4 Å². The van der Waals surface area contributed by atoms with E-state index in [4.69, 9.17) is 0 Å². The number of phenolic OH excluding ortho intramolecular Hbond substituents is 1. The summed E-state index contributed by atoms with van der Waals surface area (Å²) < 4.78 is 0. The summed E-state index contributed by atoms with van der Waals surface area (Å²) in [5, 5.41) is 14.8. The number of allylic oxidation sites excluding steroid dienone is 2. The van der Waals surface area contributed by atoms with Crippen LogP contribution < -0.4 is 5.32 Å². The van der Waals surface area contributed by atoms with Gasteiger partial charge in [0.2, 0.25) is 11.6 Å². The van der Waals surface area contributed by atoms with Gasteiger partial charge in [0.25, 0.3) is 0 Å². The first-order valence-corrected chi connectivity index (χ1v) is 10.6. The summed E-state index contributed by atoms with van der Waals surface area (Å²) in [5.41, 5.74) is 1.65. The second kappa shape index (κ2) is 7.78. The maximum absolute atomic E-state index is 13.4. The van der Waals surface area contributed by atoms with Gasteiger partial charge in [0, 0.05) is 21.7 Å². The molecule has 0 atom stereocenters. The van der Waals surface area contributed by atoms with Gasteiger partial charge < -0.3 is 10.4 Å². The number of ketones is 2. The Balaban J connectivity index is 1.65. The monoisotopic (exact) mass is 423 g/mol. The van der Waals surface area contributed by atoms with Crippen LogP contribution in [0.25, 0.3) is 10.8 Å². The van der Waals surface area contributed by atoms with Crippen LogP contribution in [0.2, 0.25) is 0 Å². The van der Waals surface area contributed by atoms with Gasteiger partial charge in [-0.05, 0) is 41.1 Å². The standard InChI is InChI=1S/C26H17NO3S/c28-18-14-12-17(13-15-18)27-23-24(29)20-9-3-4-10-21(20)25(30)26(23)31-22-11-5-7-16-6-1-2-8-19(16)22/h1-15,27-28H. The van der Waals surface area contributed by atoms with Crippen LogP contribution in [-0.4, -0.2) is 16.7 Å². The molecule has 0 saturated carbocycles. The van der Waals surface area contributed by atoms with Gasteiger partial charge in [0.05, 0.1) is 4.91 Å². The molecule has 4 nitrogen and oxygen atoms in total. The highest BCUT2D eigenvalue weighted by atomic mass is 32.2. The Bertz CT molecular complexity index is 1370. The number of anilines is 1. The summed E-state index contributed by atoms with van der Waals surface area (Å²) >= 11 is 1.30. The van der Waals surface area contributed by atoms with Crippen molar-refractivity contribution < 1.29 is 14.7 Å². The van der Waals surface area contributed by atoms with Crippen molar-refractivity contribution >= 4 is 39.8 Å². The molecule has 2 N–H and O–H groups in total. The summed E-state index contributed by atoms with van der Waals surface area (Å²) in [6.07, 6.45) is 0. The van der Waals surface area contributed by atoms with Crippen molar-refractivity contribution in [1.29, 1.82) is 0 Å². The number of thioether (sulfide) groups is 1. The molecule has 31 heavy (non-hydrogen) atoms. The third kappa shape index (κ3) is 3.49. The molecule has 1 aliphatic carbocycles. The lowest BCUT2D eigenvalue weighted by atomic mass is 9.92. The molecule has 1 aliphatic rings. The Morgan fingerprint density at radius 2 is 1.32 bits per heavy atom. The number of aromatic hydroxyl groups is 1. The molecule has 150 valence electrons. The third-order valence-corrected chi connectivity index (χ3v) is 6.34. The van der Waals surface area contributed by atoms with E-state index in [9.17, 15) is 14.7 Å². The summed E-state index contributed by atoms with van der Waals surface area (Å²) in [6, 6.07) is 27.2. The molecule has 0 aromatic heterocycles. The molecule has 4 aromatic carbocycles. The quantitative estimate of drug-likeness (QED) is 0.392. The van der Waals surface area contributed by atoms with Crippen LogP contribution in [-0.2, 0) is 0 Å². The molecule has 0 fully saturated rings. The van der Waals surface area contributed by atoms with E-state index >= 15 is 0 Å². The zero-order chi connectivity index (χ0) is 21.4. The molecule has 0 saturated heterocycles. The highest BCUT2D eigenvalue weighted by Crippen LogP contribution is 2.40. The zero-order valence-electron chi connectivity index (χ0n) is 16.3. The zero-order valence-corrected chi connectivity index (χ0v) is 17.1. The van der Waals surface area contributed by atoms with Gasteiger partial charge in [-0.15, -0.1) is 0 Å². The minimum absolute atomic E-state index is 0.126. The number of Topliss-reactive ketones (excluding diaryl/α,β-unsaturated/α-hetero) is 2. The van der Waals surface area contributed by atoms with E-state index in [-0.39, 0.29) is 23.0 Å². The molecule has 5 heteroatoms. The van der Waals surface area contributed by atoms with Crippen molar-refractivity contribution in [3.63, 3.8) is 0 Å². The van der Waals surface area contributed by atoms with E-state index < -0.39 is 0 Å². The van der Waals surface area contributed by atoms with Crippen LogP contribution >= 0.6 is 11.8 Å². The predicted octanol–water partition coefficient (Wildman–Crippen LogP) is 6.04. The number of carbonyl (C=O) groups is 2. The average molecular weight is 423 g/mol. The normalized spacial score (nSPS) is 13.4. The van der Waals surface area contributed by atoms with Crippen molar-refractivity contribution in [3.8, 4) is 5.75 Å². The van der Waals surface area contributed by atoms with Gasteiger partial charge >= 0.3 is 0 Å². The second-order valence-corrected chi connectivity index (χ2v) is 8.21. The molecular formula is C26H17NO3S. The second-order valence-electron chi connectivity index (χ2n) is 7.16. The molecule has 0 bridgehead atoms. The minimum Gasteiger partial charge on any atom is -0.508 e. The van der Waals surface area contributed by atoms with Gasteiger partial charge in [-0.1, -0.05) is 72.4 Å². The lowest BCUT2D eigenvalue weighted by Gasteiger charge is -2.22. The van der Waals surface area contributed by atoms with Crippen LogP contribution in [0.5, 0.6) is 5.75 Å². The van der Waals surface area contributed by atoms with E-state index in [1.165, 1.54) is 23.9 Å². The number of rotatable bonds is 4. The van der Waals surface area contributed by atoms with E-state index in [0.717, 1.165) is 15.7 Å². The number of fused-ring (bicyclic) bond motifs is 2. The van der Waals surface area contributed by atoms with Crippen LogP contribution in [0.1, 0.15) is 20.7 Å². The number of carbonyl (C=O) groups excluding carboxylic acids is 2. The number of hydrogen-bond acceptors (Lipinski definition) is 5. The summed E-state index contributed by atoms with van der Waals surface area (Å²) in [6.45, 7) is 0. The van der Waals surface area contributed by atoms with Crippen LogP contribution in [0.4, 0.5) is 5.69 Å². The van der Waals surface area contributed by atoms with Gasteiger partial charge in [0.15, 0.2) is 0 Å². The molecule has 0 aliphatic heterocycles. The Morgan fingerprint density at radius 1 is 0.677 bits per heavy atom. The molecule has 4 aromatic rings. The highest BCUT2D eigenvalue weighted by Gasteiger charge is 2.33. The predicted molar refractivity (Wildman–Crippen MR) is 124 cm³/mol. The number of benzene rings is 4. The van der Waals surface area contributed by atoms with E-state index in [2.05, 4.69) is 5.32 Å². The van der Waals surface area contributed by atoms with Crippen LogP contribution in [0.3, 0.4) is 0 Å². The van der Waals surface area contributed by atoms with Gasteiger partial charge in [-0.2, -0.15) is 0 Å². The minimum atomic E-state index is -0.231. The van der Waals surface area contributed by atoms with Crippen molar-refractivity contribution in [2.45, 2.75) is 4.90 Å². The van der Waals surface area contributed by atoms with E-state index in [0.29, 0.717) is 21.7 Å². The first-order valence-electron chi connectivity index (χ1n) is 9.76. The molecule has 5 rings (SSSR count). The molecule has 0 amide bonds. The van der Waals surface area contributed by atoms with Crippen molar-refractivity contribution in [3.05, 3.63) is 113 Å². The SMILES string of the molecule is O=C1C(Nc2ccc(O)cc2)=C(Sc2cccc3ccccc23)C(=O)c2ccccc21. The van der Waals surface area contributed by atoms with E-state index in [1.807, 2.05) is 42.5 Å². The fourth-order valence-electron chi connectivity index (χ4n) is 3.65. The first-order chi connectivity index (χ1) is 15.1. The van der Waals surface area contributed by atoms with Gasteiger partial charge in [0.1, 0.15) is 11.4 Å². The fourth-order valence-corrected chi connectivity index (χ4v) is 4.76. The maximum Gasteiger partial charge on any atom is 0.211 e. The summed E-state index contributed by atoms with van der Waals surface area (Å²) in [5.74, 6) is -0.290. The molecule has 0 heterocycles. The smallest absolute Gasteiger partial charge is 0.211 e. The summed E-state index contributed by atoms with van der Waals surface area (Å²) in [7, 11) is 0. The number of hydrogen-bond donors (Lipinski definition) is 2. The van der Waals surface area contributed by atoms with Crippen LogP contribution in [0.15, 0.2) is 106 Å². The van der Waals surface area contributed by atoms with Gasteiger partial charge in [-0.25, -0.2) is 0 Å². The Kier molecular flexibility index (Phi) is 4.81. The fraction of sp³-hybridized carbons (Fsp3) is 0. The molecule has 0 unspecified atom stereocenters. The first kappa shape index (κ1) is 19.2. The highest BCUT2D eigenvalue weighted by molar-refractivity contribution is 8.04. The molecular weight excluding hydrogens is 406 g/mol. The Labute approximate surface area is 183 Å². The maximum atomic E-state index is 13.4. The topological polar surface area (TPSA) is 66.4 Å². The lowest BCUT2D eigenvalue weighted by molar-refractivity contribution is 0.0982. The largest absolute Gasteiger partial charge is 0.508 e. The van der Waals surface area contributed by atoms with Crippen LogP contribution in [0, 0.1) is 0 Å². The van der Waals surface area contributed by atoms with Crippen molar-refractivity contribution in [1.82, 2.24) is 0 Å². The lowest BCUT2D eigenvalue weighted by Crippen LogP contribution is -2.25. The van der Waals surface area contributed by atoms with Gasteiger partial charge in [-0.3, -0.25) is 9.59 Å². The van der Waals surface area contributed by atoms with Crippen molar-refractivity contribution in [2.75, 3.05) is 5.32 Å². The number of nitrogens with one attached hydrogen (secondary N) is 1. The average Bonchev–Trinajstić information content (AvgIpc) is 2.81. The molecule has 0 radical (unpaired) electrons.